The Morgan fingerprint density at radius 3 is 2.94 bits per heavy atom. The molecule has 3 nitrogen and oxygen atoms in total. The van der Waals surface area contributed by atoms with E-state index in [-0.39, 0.29) is 12.3 Å². The molecule has 0 radical (unpaired) electrons. The second-order valence-electron chi connectivity index (χ2n) is 3.96. The lowest BCUT2D eigenvalue weighted by molar-refractivity contribution is -0.137. The van der Waals surface area contributed by atoms with Gasteiger partial charge in [0, 0.05) is 11.6 Å². The van der Waals surface area contributed by atoms with Gasteiger partial charge in [0.1, 0.15) is 0 Å². The zero-order chi connectivity index (χ0) is 11.5. The van der Waals surface area contributed by atoms with Crippen LogP contribution in [0.25, 0.3) is 10.9 Å². The molecular formula is C13H13NO2. The van der Waals surface area contributed by atoms with Crippen LogP contribution < -0.4 is 0 Å². The summed E-state index contributed by atoms with van der Waals surface area (Å²) in [5, 5.41) is 9.79. The highest BCUT2D eigenvalue weighted by atomic mass is 16.4. The van der Waals surface area contributed by atoms with Gasteiger partial charge in [-0.15, -0.1) is 0 Å². The minimum absolute atomic E-state index is 0.00499. The van der Waals surface area contributed by atoms with Gasteiger partial charge in [-0.3, -0.25) is 9.78 Å². The molecule has 3 heteroatoms. The van der Waals surface area contributed by atoms with Crippen molar-refractivity contribution in [2.75, 3.05) is 0 Å². The molecule has 2 rings (SSSR count). The van der Waals surface area contributed by atoms with E-state index in [0.29, 0.717) is 0 Å². The molecule has 0 bridgehead atoms. The lowest BCUT2D eigenvalue weighted by Gasteiger charge is -2.09. The second-order valence-corrected chi connectivity index (χ2v) is 3.96. The van der Waals surface area contributed by atoms with Gasteiger partial charge in [0.2, 0.25) is 0 Å². The molecule has 1 unspecified atom stereocenters. The van der Waals surface area contributed by atoms with Crippen molar-refractivity contribution >= 4 is 16.9 Å². The Hall–Kier alpha value is -1.90. The SMILES string of the molecule is CC(CC(=O)O)c1cnc2ccccc2c1. The molecule has 1 aromatic heterocycles. The maximum Gasteiger partial charge on any atom is 0.303 e. The number of aromatic nitrogens is 1. The fourth-order valence-corrected chi connectivity index (χ4v) is 1.74. The number of aliphatic carboxylic acids is 1. The average molecular weight is 215 g/mol. The van der Waals surface area contributed by atoms with E-state index in [1.165, 1.54) is 0 Å². The minimum Gasteiger partial charge on any atom is -0.481 e. The van der Waals surface area contributed by atoms with Crippen LogP contribution in [0.1, 0.15) is 24.8 Å². The lowest BCUT2D eigenvalue weighted by Crippen LogP contribution is -2.03. The molecule has 1 atom stereocenters. The first-order chi connectivity index (χ1) is 7.66. The van der Waals surface area contributed by atoms with Crippen LogP contribution in [0, 0.1) is 0 Å². The number of benzene rings is 1. The summed E-state index contributed by atoms with van der Waals surface area (Å²) in [7, 11) is 0. The molecule has 0 amide bonds. The second kappa shape index (κ2) is 4.31. The summed E-state index contributed by atoms with van der Waals surface area (Å²) in [6.45, 7) is 1.90. The van der Waals surface area contributed by atoms with Gasteiger partial charge in [-0.05, 0) is 23.6 Å². The van der Waals surface area contributed by atoms with Crippen molar-refractivity contribution in [2.45, 2.75) is 19.3 Å². The molecule has 0 fully saturated rings. The van der Waals surface area contributed by atoms with Gasteiger partial charge in [-0.1, -0.05) is 25.1 Å². The highest BCUT2D eigenvalue weighted by Gasteiger charge is 2.10. The Labute approximate surface area is 93.7 Å². The molecule has 1 heterocycles. The number of carboxylic acid groups (broad SMARTS) is 1. The summed E-state index contributed by atoms with van der Waals surface area (Å²) in [5.74, 6) is -0.782. The topological polar surface area (TPSA) is 50.2 Å². The molecule has 0 saturated carbocycles. The highest BCUT2D eigenvalue weighted by Crippen LogP contribution is 2.21. The first kappa shape index (κ1) is 10.6. The number of nitrogens with zero attached hydrogens (tertiary/aromatic N) is 1. The first-order valence-corrected chi connectivity index (χ1v) is 5.23. The Bertz CT molecular complexity index is 522. The van der Waals surface area contributed by atoms with E-state index in [9.17, 15) is 4.79 Å². The smallest absolute Gasteiger partial charge is 0.303 e. The van der Waals surface area contributed by atoms with Crippen molar-refractivity contribution in [3.63, 3.8) is 0 Å². The molecule has 2 aromatic rings. The number of carbonyl (C=O) groups is 1. The Morgan fingerprint density at radius 1 is 1.44 bits per heavy atom. The maximum absolute atomic E-state index is 10.6. The van der Waals surface area contributed by atoms with E-state index in [0.717, 1.165) is 16.5 Å². The van der Waals surface area contributed by atoms with Crippen LogP contribution in [-0.4, -0.2) is 16.1 Å². The molecule has 0 aliphatic carbocycles. The van der Waals surface area contributed by atoms with Gasteiger partial charge < -0.3 is 5.11 Å². The minimum atomic E-state index is -0.777. The third-order valence-corrected chi connectivity index (χ3v) is 2.66. The number of fused-ring (bicyclic) bond motifs is 1. The van der Waals surface area contributed by atoms with E-state index < -0.39 is 5.97 Å². The van der Waals surface area contributed by atoms with E-state index in [1.54, 1.807) is 6.20 Å². The van der Waals surface area contributed by atoms with Gasteiger partial charge in [-0.2, -0.15) is 0 Å². The van der Waals surface area contributed by atoms with Gasteiger partial charge >= 0.3 is 5.97 Å². The van der Waals surface area contributed by atoms with Gasteiger partial charge in [-0.25, -0.2) is 0 Å². The normalized spacial score (nSPS) is 12.6. The zero-order valence-electron chi connectivity index (χ0n) is 9.05. The van der Waals surface area contributed by atoms with Crippen LogP contribution in [0.4, 0.5) is 0 Å². The number of hydrogen-bond donors (Lipinski definition) is 1. The molecule has 0 aliphatic rings. The van der Waals surface area contributed by atoms with Crippen LogP contribution >= 0.6 is 0 Å². The lowest BCUT2D eigenvalue weighted by atomic mass is 9.98. The van der Waals surface area contributed by atoms with Crippen molar-refractivity contribution in [3.05, 3.63) is 42.1 Å². The number of rotatable bonds is 3. The van der Waals surface area contributed by atoms with E-state index in [2.05, 4.69) is 4.98 Å². The summed E-state index contributed by atoms with van der Waals surface area (Å²) in [6, 6.07) is 9.83. The standard InChI is InChI=1S/C13H13NO2/c1-9(6-13(15)16)11-7-10-4-2-3-5-12(10)14-8-11/h2-5,7-9H,6H2,1H3,(H,15,16). The quantitative estimate of drug-likeness (QED) is 0.856. The van der Waals surface area contributed by atoms with Crippen molar-refractivity contribution in [3.8, 4) is 0 Å². The largest absolute Gasteiger partial charge is 0.481 e. The first-order valence-electron chi connectivity index (χ1n) is 5.23. The van der Waals surface area contributed by atoms with Crippen molar-refractivity contribution in [2.24, 2.45) is 0 Å². The third kappa shape index (κ3) is 2.19. The molecule has 1 N–H and O–H groups in total. The van der Waals surface area contributed by atoms with Crippen LogP contribution in [0.5, 0.6) is 0 Å². The summed E-state index contributed by atoms with van der Waals surface area (Å²) >= 11 is 0. The predicted molar refractivity (Wildman–Crippen MR) is 62.4 cm³/mol. The van der Waals surface area contributed by atoms with Crippen molar-refractivity contribution in [1.29, 1.82) is 0 Å². The Balaban J connectivity index is 2.35. The molecule has 0 aliphatic heterocycles. The van der Waals surface area contributed by atoms with Crippen LogP contribution in [-0.2, 0) is 4.79 Å². The molecule has 82 valence electrons. The van der Waals surface area contributed by atoms with Gasteiger partial charge in [0.25, 0.3) is 0 Å². The predicted octanol–water partition coefficient (Wildman–Crippen LogP) is 2.81. The third-order valence-electron chi connectivity index (χ3n) is 2.66. The number of pyridine rings is 1. The zero-order valence-corrected chi connectivity index (χ0v) is 9.05. The molecule has 0 spiro atoms. The number of para-hydroxylation sites is 1. The van der Waals surface area contributed by atoms with E-state index in [1.807, 2.05) is 37.3 Å². The monoisotopic (exact) mass is 215 g/mol. The fraction of sp³-hybridized carbons (Fsp3) is 0.231. The number of hydrogen-bond acceptors (Lipinski definition) is 2. The van der Waals surface area contributed by atoms with Crippen LogP contribution in [0.15, 0.2) is 36.5 Å². The molecule has 1 aromatic carbocycles. The molecule has 16 heavy (non-hydrogen) atoms. The summed E-state index contributed by atoms with van der Waals surface area (Å²) < 4.78 is 0. The van der Waals surface area contributed by atoms with E-state index >= 15 is 0 Å². The molecule has 0 saturated heterocycles. The summed E-state index contributed by atoms with van der Waals surface area (Å²) in [5.41, 5.74) is 1.91. The van der Waals surface area contributed by atoms with E-state index in [4.69, 9.17) is 5.11 Å². The Kier molecular flexibility index (Phi) is 2.86. The summed E-state index contributed by atoms with van der Waals surface area (Å²) in [4.78, 5) is 14.9. The van der Waals surface area contributed by atoms with Crippen molar-refractivity contribution in [1.82, 2.24) is 4.98 Å². The number of carboxylic acids is 1. The summed E-state index contributed by atoms with van der Waals surface area (Å²) in [6.07, 6.45) is 1.90. The van der Waals surface area contributed by atoms with Gasteiger partial charge in [0.15, 0.2) is 0 Å². The van der Waals surface area contributed by atoms with Gasteiger partial charge in [0.05, 0.1) is 11.9 Å². The highest BCUT2D eigenvalue weighted by molar-refractivity contribution is 5.79. The molecular weight excluding hydrogens is 202 g/mol. The Morgan fingerprint density at radius 2 is 2.19 bits per heavy atom. The van der Waals surface area contributed by atoms with Crippen LogP contribution in [0.3, 0.4) is 0 Å². The van der Waals surface area contributed by atoms with Crippen molar-refractivity contribution < 1.29 is 9.90 Å². The van der Waals surface area contributed by atoms with Crippen LogP contribution in [0.2, 0.25) is 0 Å². The average Bonchev–Trinajstić information content (AvgIpc) is 2.27. The maximum atomic E-state index is 10.6. The fourth-order valence-electron chi connectivity index (χ4n) is 1.74.